The lowest BCUT2D eigenvalue weighted by Gasteiger charge is -2.08. The van der Waals surface area contributed by atoms with E-state index in [2.05, 4.69) is 10.3 Å². The molecule has 1 aromatic heterocycles. The van der Waals surface area contributed by atoms with Crippen molar-refractivity contribution in [3.05, 3.63) is 50.7 Å². The van der Waals surface area contributed by atoms with Gasteiger partial charge in [-0.2, -0.15) is 0 Å². The molecule has 3 rings (SSSR count). The van der Waals surface area contributed by atoms with Gasteiger partial charge in [-0.3, -0.25) is 9.59 Å². The molecule has 0 saturated heterocycles. The minimum Gasteiger partial charge on any atom is -0.326 e. The fourth-order valence-corrected chi connectivity index (χ4v) is 2.64. The molecule has 3 aromatic rings. The van der Waals surface area contributed by atoms with Gasteiger partial charge in [-0.15, -0.1) is 0 Å². The van der Waals surface area contributed by atoms with Crippen LogP contribution in [0.15, 0.2) is 35.1 Å². The van der Waals surface area contributed by atoms with Crippen molar-refractivity contribution in [1.29, 1.82) is 0 Å². The van der Waals surface area contributed by atoms with Gasteiger partial charge in [0.25, 0.3) is 5.56 Å². The van der Waals surface area contributed by atoms with Crippen LogP contribution in [-0.2, 0) is 4.79 Å². The number of benzene rings is 2. The highest BCUT2D eigenvalue weighted by Gasteiger charge is 2.09. The van der Waals surface area contributed by atoms with Crippen LogP contribution in [0, 0.1) is 0 Å². The molecular weight excluding hydrogens is 311 g/mol. The van der Waals surface area contributed by atoms with E-state index in [0.29, 0.717) is 26.6 Å². The van der Waals surface area contributed by atoms with E-state index in [0.717, 1.165) is 10.8 Å². The standard InChI is InChI=1S/C15H10Cl2N2O2/c1-7(20)18-8-2-3-9-10-5-12(16)13(17)6-11(10)15(21)19-14(9)4-8/h2-6H,1H3,(H,18,20)(H,19,21). The highest BCUT2D eigenvalue weighted by molar-refractivity contribution is 6.43. The Morgan fingerprint density at radius 1 is 1.05 bits per heavy atom. The Kier molecular flexibility index (Phi) is 3.35. The molecular formula is C15H10Cl2N2O2. The summed E-state index contributed by atoms with van der Waals surface area (Å²) >= 11 is 12.0. The highest BCUT2D eigenvalue weighted by atomic mass is 35.5. The van der Waals surface area contributed by atoms with E-state index in [-0.39, 0.29) is 11.5 Å². The molecule has 2 aromatic carbocycles. The van der Waals surface area contributed by atoms with E-state index < -0.39 is 0 Å². The summed E-state index contributed by atoms with van der Waals surface area (Å²) < 4.78 is 0. The maximum absolute atomic E-state index is 12.1. The number of anilines is 1. The average molecular weight is 321 g/mol. The first-order valence-corrected chi connectivity index (χ1v) is 6.93. The Balaban J connectivity index is 2.36. The number of H-pyrrole nitrogens is 1. The van der Waals surface area contributed by atoms with Gasteiger partial charge in [-0.05, 0) is 29.7 Å². The van der Waals surface area contributed by atoms with E-state index in [1.807, 2.05) is 6.07 Å². The van der Waals surface area contributed by atoms with Crippen molar-refractivity contribution in [2.24, 2.45) is 0 Å². The van der Waals surface area contributed by atoms with Crippen LogP contribution in [-0.4, -0.2) is 10.9 Å². The van der Waals surface area contributed by atoms with Crippen LogP contribution in [0.5, 0.6) is 0 Å². The van der Waals surface area contributed by atoms with Crippen molar-refractivity contribution >= 4 is 56.5 Å². The van der Waals surface area contributed by atoms with E-state index in [1.165, 1.54) is 6.92 Å². The van der Waals surface area contributed by atoms with Gasteiger partial charge in [0.2, 0.25) is 5.91 Å². The molecule has 0 aliphatic rings. The predicted molar refractivity (Wildman–Crippen MR) is 86.4 cm³/mol. The van der Waals surface area contributed by atoms with Gasteiger partial charge in [-0.1, -0.05) is 29.3 Å². The summed E-state index contributed by atoms with van der Waals surface area (Å²) in [5, 5.41) is 5.43. The topological polar surface area (TPSA) is 62.0 Å². The van der Waals surface area contributed by atoms with Crippen LogP contribution in [0.1, 0.15) is 6.92 Å². The van der Waals surface area contributed by atoms with Crippen LogP contribution in [0.4, 0.5) is 5.69 Å². The molecule has 0 fully saturated rings. The van der Waals surface area contributed by atoms with Crippen LogP contribution in [0.2, 0.25) is 10.0 Å². The Labute approximate surface area is 129 Å². The summed E-state index contributed by atoms with van der Waals surface area (Å²) in [6.45, 7) is 1.43. The largest absolute Gasteiger partial charge is 0.326 e. The second-order valence-corrected chi connectivity index (χ2v) is 5.52. The van der Waals surface area contributed by atoms with E-state index in [4.69, 9.17) is 23.2 Å². The van der Waals surface area contributed by atoms with Gasteiger partial charge < -0.3 is 10.3 Å². The molecule has 0 saturated carbocycles. The van der Waals surface area contributed by atoms with E-state index >= 15 is 0 Å². The normalized spacial score (nSPS) is 11.0. The Morgan fingerprint density at radius 3 is 2.38 bits per heavy atom. The minimum atomic E-state index is -0.254. The number of nitrogens with one attached hydrogen (secondary N) is 2. The molecule has 0 aliphatic carbocycles. The average Bonchev–Trinajstić information content (AvgIpc) is 2.40. The first kappa shape index (κ1) is 13.9. The summed E-state index contributed by atoms with van der Waals surface area (Å²) in [6, 6.07) is 8.53. The number of amides is 1. The van der Waals surface area contributed by atoms with Crippen LogP contribution in [0.3, 0.4) is 0 Å². The zero-order valence-electron chi connectivity index (χ0n) is 11.0. The summed E-state index contributed by atoms with van der Waals surface area (Å²) in [5.41, 5.74) is 0.984. The van der Waals surface area contributed by atoms with Crippen LogP contribution < -0.4 is 10.9 Å². The molecule has 0 aliphatic heterocycles. The molecule has 0 bridgehead atoms. The zero-order chi connectivity index (χ0) is 15.1. The van der Waals surface area contributed by atoms with E-state index in [9.17, 15) is 9.59 Å². The van der Waals surface area contributed by atoms with Crippen molar-refractivity contribution in [2.75, 3.05) is 5.32 Å². The van der Waals surface area contributed by atoms with Gasteiger partial charge in [0.05, 0.1) is 15.6 Å². The van der Waals surface area contributed by atoms with Gasteiger partial charge in [-0.25, -0.2) is 0 Å². The third-order valence-electron chi connectivity index (χ3n) is 3.18. The summed E-state index contributed by atoms with van der Waals surface area (Å²) in [5.74, 6) is -0.174. The smallest absolute Gasteiger partial charge is 0.256 e. The molecule has 1 amide bonds. The molecule has 1 heterocycles. The number of rotatable bonds is 1. The fourth-order valence-electron chi connectivity index (χ4n) is 2.31. The predicted octanol–water partition coefficient (Wildman–Crippen LogP) is 3.95. The number of hydrogen-bond acceptors (Lipinski definition) is 2. The monoisotopic (exact) mass is 320 g/mol. The second-order valence-electron chi connectivity index (χ2n) is 4.71. The molecule has 2 N–H and O–H groups in total. The molecule has 0 unspecified atom stereocenters. The molecule has 21 heavy (non-hydrogen) atoms. The maximum Gasteiger partial charge on any atom is 0.256 e. The van der Waals surface area contributed by atoms with Crippen LogP contribution >= 0.6 is 23.2 Å². The Bertz CT molecular complexity index is 948. The van der Waals surface area contributed by atoms with Crippen molar-refractivity contribution in [1.82, 2.24) is 4.98 Å². The first-order chi connectivity index (χ1) is 9.95. The quantitative estimate of drug-likeness (QED) is 0.667. The fraction of sp³-hybridized carbons (Fsp3) is 0.0667. The maximum atomic E-state index is 12.1. The van der Waals surface area contributed by atoms with Gasteiger partial charge in [0, 0.05) is 23.4 Å². The molecule has 0 atom stereocenters. The van der Waals surface area contributed by atoms with Gasteiger partial charge in [0.1, 0.15) is 0 Å². The summed E-state index contributed by atoms with van der Waals surface area (Å²) in [4.78, 5) is 26.0. The lowest BCUT2D eigenvalue weighted by Crippen LogP contribution is -2.08. The summed E-state index contributed by atoms with van der Waals surface area (Å²) in [7, 11) is 0. The number of hydrogen-bond donors (Lipinski definition) is 2. The number of aromatic amines is 1. The SMILES string of the molecule is CC(=O)Nc1ccc2c(c1)[nH]c(=O)c1cc(Cl)c(Cl)cc12. The Hall–Kier alpha value is -2.04. The van der Waals surface area contributed by atoms with Crippen molar-refractivity contribution < 1.29 is 4.79 Å². The molecule has 4 nitrogen and oxygen atoms in total. The first-order valence-electron chi connectivity index (χ1n) is 6.18. The molecule has 106 valence electrons. The van der Waals surface area contributed by atoms with Crippen LogP contribution in [0.25, 0.3) is 21.7 Å². The van der Waals surface area contributed by atoms with E-state index in [1.54, 1.807) is 24.3 Å². The summed E-state index contributed by atoms with van der Waals surface area (Å²) in [6.07, 6.45) is 0. The highest BCUT2D eigenvalue weighted by Crippen LogP contribution is 2.30. The third-order valence-corrected chi connectivity index (χ3v) is 3.91. The molecule has 0 spiro atoms. The van der Waals surface area contributed by atoms with Gasteiger partial charge in [0.15, 0.2) is 0 Å². The number of aromatic nitrogens is 1. The van der Waals surface area contributed by atoms with Gasteiger partial charge >= 0.3 is 0 Å². The minimum absolute atomic E-state index is 0.174. The number of halogens is 2. The van der Waals surface area contributed by atoms with Crippen molar-refractivity contribution in [2.45, 2.75) is 6.92 Å². The zero-order valence-corrected chi connectivity index (χ0v) is 12.5. The number of carbonyl (C=O) groups excluding carboxylic acids is 1. The number of pyridine rings is 1. The molecule has 0 radical (unpaired) electrons. The third kappa shape index (κ3) is 2.48. The number of carbonyl (C=O) groups is 1. The Morgan fingerprint density at radius 2 is 1.71 bits per heavy atom. The number of fused-ring (bicyclic) bond motifs is 3. The second kappa shape index (κ2) is 5.06. The van der Waals surface area contributed by atoms with Crippen molar-refractivity contribution in [3.63, 3.8) is 0 Å². The van der Waals surface area contributed by atoms with Crippen molar-refractivity contribution in [3.8, 4) is 0 Å². The molecule has 6 heteroatoms. The lowest BCUT2D eigenvalue weighted by molar-refractivity contribution is -0.114. The lowest BCUT2D eigenvalue weighted by atomic mass is 10.1.